The molecular formula is C27H27NO3. The Balaban J connectivity index is 1.80. The van der Waals surface area contributed by atoms with E-state index in [0.29, 0.717) is 17.9 Å². The Morgan fingerprint density at radius 3 is 2.48 bits per heavy atom. The number of Topliss-reactive ketones (excluding diaryl/α,β-unsaturated/α-hetero) is 1. The van der Waals surface area contributed by atoms with E-state index in [2.05, 4.69) is 61.6 Å². The van der Waals surface area contributed by atoms with Crippen LogP contribution in [-0.2, 0) is 4.79 Å². The van der Waals surface area contributed by atoms with E-state index in [9.17, 15) is 4.79 Å². The van der Waals surface area contributed by atoms with Crippen molar-refractivity contribution in [2.24, 2.45) is 5.41 Å². The van der Waals surface area contributed by atoms with Crippen LogP contribution < -0.4 is 14.8 Å². The van der Waals surface area contributed by atoms with Gasteiger partial charge in [0.25, 0.3) is 0 Å². The molecule has 158 valence electrons. The van der Waals surface area contributed by atoms with Crippen LogP contribution in [0, 0.1) is 5.41 Å². The maximum absolute atomic E-state index is 13.5. The first-order chi connectivity index (χ1) is 14.9. The zero-order chi connectivity index (χ0) is 21.8. The molecule has 0 amide bonds. The van der Waals surface area contributed by atoms with E-state index in [4.69, 9.17) is 9.47 Å². The number of carbonyl (C=O) groups is 1. The lowest BCUT2D eigenvalue weighted by Gasteiger charge is -2.40. The molecule has 1 atom stereocenters. The van der Waals surface area contributed by atoms with E-state index >= 15 is 0 Å². The van der Waals surface area contributed by atoms with Crippen LogP contribution in [0.25, 0.3) is 10.8 Å². The summed E-state index contributed by atoms with van der Waals surface area (Å²) in [7, 11) is 3.28. The van der Waals surface area contributed by atoms with Gasteiger partial charge in [0.05, 0.1) is 14.2 Å². The van der Waals surface area contributed by atoms with Crippen molar-refractivity contribution in [2.45, 2.75) is 32.6 Å². The first kappa shape index (κ1) is 19.7. The van der Waals surface area contributed by atoms with Crippen LogP contribution in [0.3, 0.4) is 0 Å². The van der Waals surface area contributed by atoms with Crippen molar-refractivity contribution < 1.29 is 14.3 Å². The fourth-order valence-corrected chi connectivity index (χ4v) is 5.17. The Labute approximate surface area is 182 Å². The number of methoxy groups -OCH3 is 2. The summed E-state index contributed by atoms with van der Waals surface area (Å²) in [6.45, 7) is 4.33. The second kappa shape index (κ2) is 7.16. The molecule has 2 aliphatic rings. The normalized spacial score (nSPS) is 19.5. The second-order valence-electron chi connectivity index (χ2n) is 9.25. The molecule has 4 heteroatoms. The van der Waals surface area contributed by atoms with Crippen molar-refractivity contribution in [3.05, 3.63) is 77.0 Å². The number of fused-ring (bicyclic) bond motifs is 3. The third-order valence-corrected chi connectivity index (χ3v) is 6.49. The summed E-state index contributed by atoms with van der Waals surface area (Å²) in [5.41, 5.74) is 5.13. The monoisotopic (exact) mass is 413 g/mol. The largest absolute Gasteiger partial charge is 0.493 e. The number of ether oxygens (including phenoxy) is 2. The molecule has 0 fully saturated rings. The molecule has 0 bridgehead atoms. The predicted octanol–water partition coefficient (Wildman–Crippen LogP) is 6.06. The molecule has 3 aromatic carbocycles. The van der Waals surface area contributed by atoms with Crippen LogP contribution in [0.2, 0.25) is 0 Å². The number of nitrogens with one attached hydrogen (secondary N) is 1. The number of anilines is 1. The molecular weight excluding hydrogens is 386 g/mol. The second-order valence-corrected chi connectivity index (χ2v) is 9.25. The number of allylic oxidation sites excluding steroid dienone is 2. The number of hydrogen-bond donors (Lipinski definition) is 1. The summed E-state index contributed by atoms with van der Waals surface area (Å²) >= 11 is 0. The molecule has 0 radical (unpaired) electrons. The van der Waals surface area contributed by atoms with Gasteiger partial charge in [-0.3, -0.25) is 4.79 Å². The molecule has 1 heterocycles. The molecule has 1 aliphatic heterocycles. The molecule has 0 unspecified atom stereocenters. The number of rotatable bonds is 3. The van der Waals surface area contributed by atoms with E-state index in [1.807, 2.05) is 12.1 Å². The van der Waals surface area contributed by atoms with Gasteiger partial charge in [-0.25, -0.2) is 0 Å². The fraction of sp³-hybridized carbons (Fsp3) is 0.296. The molecule has 0 spiro atoms. The Kier molecular flexibility index (Phi) is 4.54. The van der Waals surface area contributed by atoms with Crippen molar-refractivity contribution in [1.29, 1.82) is 0 Å². The molecule has 3 aromatic rings. The van der Waals surface area contributed by atoms with Gasteiger partial charge in [0, 0.05) is 29.3 Å². The van der Waals surface area contributed by atoms with Crippen LogP contribution in [0.4, 0.5) is 5.69 Å². The molecule has 4 nitrogen and oxygen atoms in total. The summed E-state index contributed by atoms with van der Waals surface area (Å²) in [6.07, 6.45) is 1.40. The highest BCUT2D eigenvalue weighted by Crippen LogP contribution is 2.51. The molecule has 0 saturated heterocycles. The van der Waals surface area contributed by atoms with Gasteiger partial charge >= 0.3 is 0 Å². The van der Waals surface area contributed by atoms with Crippen LogP contribution in [0.1, 0.15) is 43.7 Å². The van der Waals surface area contributed by atoms with Gasteiger partial charge in [0.1, 0.15) is 0 Å². The van der Waals surface area contributed by atoms with Crippen molar-refractivity contribution in [3.8, 4) is 11.5 Å². The Bertz CT molecular complexity index is 1240. The van der Waals surface area contributed by atoms with Crippen molar-refractivity contribution in [2.75, 3.05) is 19.5 Å². The summed E-state index contributed by atoms with van der Waals surface area (Å²) in [4.78, 5) is 13.5. The maximum atomic E-state index is 13.5. The van der Waals surface area contributed by atoms with Crippen LogP contribution >= 0.6 is 0 Å². The van der Waals surface area contributed by atoms with E-state index in [0.717, 1.165) is 39.9 Å². The van der Waals surface area contributed by atoms with Crippen molar-refractivity contribution in [3.63, 3.8) is 0 Å². The zero-order valence-corrected chi connectivity index (χ0v) is 18.4. The molecule has 5 rings (SSSR count). The topological polar surface area (TPSA) is 47.6 Å². The minimum atomic E-state index is -0.152. The Morgan fingerprint density at radius 1 is 0.935 bits per heavy atom. The number of hydrogen-bond acceptors (Lipinski definition) is 4. The first-order valence-electron chi connectivity index (χ1n) is 10.7. The molecule has 31 heavy (non-hydrogen) atoms. The minimum Gasteiger partial charge on any atom is -0.493 e. The van der Waals surface area contributed by atoms with Gasteiger partial charge < -0.3 is 14.8 Å². The summed E-state index contributed by atoms with van der Waals surface area (Å²) < 4.78 is 11.1. The third kappa shape index (κ3) is 3.18. The summed E-state index contributed by atoms with van der Waals surface area (Å²) in [5.74, 6) is 1.42. The highest BCUT2D eigenvalue weighted by molar-refractivity contribution is 6.04. The smallest absolute Gasteiger partial charge is 0.162 e. The molecule has 0 aromatic heterocycles. The number of ketones is 1. The lowest BCUT2D eigenvalue weighted by Crippen LogP contribution is -2.33. The minimum absolute atomic E-state index is 0.0561. The number of carbonyl (C=O) groups excluding carboxylic acids is 1. The van der Waals surface area contributed by atoms with Gasteiger partial charge in [-0.2, -0.15) is 0 Å². The van der Waals surface area contributed by atoms with Gasteiger partial charge in [-0.05, 0) is 51.9 Å². The van der Waals surface area contributed by atoms with Gasteiger partial charge in [-0.15, -0.1) is 0 Å². The standard InChI is InChI=1S/C27H27NO3/c1-27(2)14-20-26(21(29)15-27)24(17-10-12-22(30-3)23(13-17)31-4)25-18-8-6-5-7-16(18)9-11-19(25)28-20/h5-13,24,28H,14-15H2,1-4H3/t24-/m0/s1. The maximum Gasteiger partial charge on any atom is 0.162 e. The Hall–Kier alpha value is -3.27. The third-order valence-electron chi connectivity index (χ3n) is 6.49. The van der Waals surface area contributed by atoms with Gasteiger partial charge in [0.15, 0.2) is 17.3 Å². The van der Waals surface area contributed by atoms with Crippen LogP contribution in [-0.4, -0.2) is 20.0 Å². The van der Waals surface area contributed by atoms with Crippen LogP contribution in [0.5, 0.6) is 11.5 Å². The van der Waals surface area contributed by atoms with Crippen LogP contribution in [0.15, 0.2) is 65.9 Å². The van der Waals surface area contributed by atoms with Crippen molar-refractivity contribution >= 4 is 22.2 Å². The molecule has 1 aliphatic carbocycles. The summed E-state index contributed by atoms with van der Waals surface area (Å²) in [6, 6.07) is 18.7. The zero-order valence-electron chi connectivity index (χ0n) is 18.4. The SMILES string of the molecule is COc1ccc([C@@H]2C3=C(CC(C)(C)CC3=O)Nc3ccc4ccccc4c32)cc1OC. The fourth-order valence-electron chi connectivity index (χ4n) is 5.17. The van der Waals surface area contributed by atoms with Gasteiger partial charge in [-0.1, -0.05) is 50.2 Å². The van der Waals surface area contributed by atoms with E-state index in [-0.39, 0.29) is 17.1 Å². The summed E-state index contributed by atoms with van der Waals surface area (Å²) in [5, 5.41) is 5.96. The molecule has 0 saturated carbocycles. The highest BCUT2D eigenvalue weighted by Gasteiger charge is 2.41. The average molecular weight is 414 g/mol. The van der Waals surface area contributed by atoms with E-state index < -0.39 is 0 Å². The lowest BCUT2D eigenvalue weighted by molar-refractivity contribution is -0.118. The quantitative estimate of drug-likeness (QED) is 0.567. The molecule has 1 N–H and O–H groups in total. The highest BCUT2D eigenvalue weighted by atomic mass is 16.5. The first-order valence-corrected chi connectivity index (χ1v) is 10.7. The average Bonchev–Trinajstić information content (AvgIpc) is 2.76. The van der Waals surface area contributed by atoms with Crippen molar-refractivity contribution in [1.82, 2.24) is 0 Å². The van der Waals surface area contributed by atoms with E-state index in [1.165, 1.54) is 5.39 Å². The Morgan fingerprint density at radius 2 is 1.71 bits per heavy atom. The van der Waals surface area contributed by atoms with E-state index in [1.54, 1.807) is 14.2 Å². The lowest BCUT2D eigenvalue weighted by atomic mass is 9.68. The van der Waals surface area contributed by atoms with Gasteiger partial charge in [0.2, 0.25) is 0 Å². The predicted molar refractivity (Wildman–Crippen MR) is 124 cm³/mol. The number of benzene rings is 3.